The van der Waals surface area contributed by atoms with Crippen molar-refractivity contribution >= 4 is 29.0 Å². The van der Waals surface area contributed by atoms with Crippen LogP contribution in [0.2, 0.25) is 0 Å². The molecular weight excluding hydrogens is 475 g/mol. The van der Waals surface area contributed by atoms with Crippen molar-refractivity contribution in [2.75, 3.05) is 10.6 Å². The largest absolute Gasteiger partial charge is 0.416 e. The molecule has 0 radical (unpaired) electrons. The van der Waals surface area contributed by atoms with Crippen molar-refractivity contribution in [2.24, 2.45) is 0 Å². The minimum atomic E-state index is -4.43. The molecule has 0 aliphatic heterocycles. The number of hydrogen-bond donors (Lipinski definition) is 2. The van der Waals surface area contributed by atoms with Gasteiger partial charge in [0, 0.05) is 17.1 Å². The first-order valence-corrected chi connectivity index (χ1v) is 11.6. The second-order valence-electron chi connectivity index (χ2n) is 7.62. The Hall–Kier alpha value is -3.79. The van der Waals surface area contributed by atoms with Gasteiger partial charge >= 0.3 is 6.18 Å². The molecule has 0 fully saturated rings. The van der Waals surface area contributed by atoms with E-state index in [4.69, 9.17) is 0 Å². The van der Waals surface area contributed by atoms with E-state index in [2.05, 4.69) is 20.8 Å². The predicted molar refractivity (Wildman–Crippen MR) is 131 cm³/mol. The van der Waals surface area contributed by atoms with Crippen LogP contribution in [0.4, 0.5) is 24.5 Å². The van der Waals surface area contributed by atoms with Gasteiger partial charge in [0.05, 0.1) is 17.4 Å². The van der Waals surface area contributed by atoms with Gasteiger partial charge in [-0.3, -0.25) is 9.36 Å². The molecule has 35 heavy (non-hydrogen) atoms. The number of nitrogens with zero attached hydrogens (tertiary/aromatic N) is 3. The molecule has 0 saturated carbocycles. The van der Waals surface area contributed by atoms with Crippen LogP contribution in [0.15, 0.2) is 90.1 Å². The van der Waals surface area contributed by atoms with Crippen molar-refractivity contribution in [3.63, 3.8) is 0 Å². The second kappa shape index (κ2) is 10.6. The molecule has 10 heteroatoms. The van der Waals surface area contributed by atoms with Gasteiger partial charge in [0.1, 0.15) is 0 Å². The van der Waals surface area contributed by atoms with Crippen molar-refractivity contribution in [3.05, 3.63) is 96.3 Å². The summed E-state index contributed by atoms with van der Waals surface area (Å²) in [5, 5.41) is 14.4. The lowest BCUT2D eigenvalue weighted by molar-refractivity contribution is -0.137. The summed E-state index contributed by atoms with van der Waals surface area (Å²) >= 11 is 1.24. The highest BCUT2D eigenvalue weighted by Gasteiger charge is 2.30. The molecular formula is C25H22F3N5OS. The van der Waals surface area contributed by atoms with Gasteiger partial charge in [-0.15, -0.1) is 10.2 Å². The quantitative estimate of drug-likeness (QED) is 0.292. The van der Waals surface area contributed by atoms with Crippen molar-refractivity contribution in [2.45, 2.75) is 30.1 Å². The number of aromatic nitrogens is 3. The Morgan fingerprint density at radius 2 is 1.60 bits per heavy atom. The second-order valence-corrected chi connectivity index (χ2v) is 8.93. The van der Waals surface area contributed by atoms with Crippen molar-refractivity contribution in [1.82, 2.24) is 14.8 Å². The van der Waals surface area contributed by atoms with E-state index in [1.807, 2.05) is 48.5 Å². The first-order valence-electron chi connectivity index (χ1n) is 10.7. The Balaban J connectivity index is 1.54. The lowest BCUT2D eigenvalue weighted by Gasteiger charge is -2.15. The molecule has 0 spiro atoms. The lowest BCUT2D eigenvalue weighted by Crippen LogP contribution is -2.23. The molecule has 6 nitrogen and oxygen atoms in total. The molecule has 1 atom stereocenters. The van der Waals surface area contributed by atoms with Crippen LogP contribution in [0.25, 0.3) is 5.69 Å². The number of hydrogen-bond acceptors (Lipinski definition) is 5. The van der Waals surface area contributed by atoms with E-state index in [1.54, 1.807) is 29.7 Å². The molecule has 4 rings (SSSR count). The van der Waals surface area contributed by atoms with Crippen LogP contribution < -0.4 is 10.6 Å². The maximum absolute atomic E-state index is 13.1. The van der Waals surface area contributed by atoms with Crippen LogP contribution in [-0.2, 0) is 17.5 Å². The molecule has 0 aliphatic carbocycles. The summed E-state index contributed by atoms with van der Waals surface area (Å²) in [7, 11) is 0. The number of halogens is 3. The number of carbonyl (C=O) groups excluding carboxylic acids is 1. The maximum Gasteiger partial charge on any atom is 0.416 e. The van der Waals surface area contributed by atoms with E-state index in [0.717, 1.165) is 17.8 Å². The first-order chi connectivity index (χ1) is 16.8. The minimum absolute atomic E-state index is 0.133. The van der Waals surface area contributed by atoms with Crippen molar-refractivity contribution < 1.29 is 18.0 Å². The summed E-state index contributed by atoms with van der Waals surface area (Å²) in [6, 6.07) is 23.5. The Morgan fingerprint density at radius 1 is 0.943 bits per heavy atom. The Kier molecular flexibility index (Phi) is 7.40. The fourth-order valence-corrected chi connectivity index (χ4v) is 4.18. The molecule has 1 amide bonds. The van der Waals surface area contributed by atoms with Crippen LogP contribution in [0.5, 0.6) is 0 Å². The average Bonchev–Trinajstić information content (AvgIpc) is 3.25. The molecule has 1 heterocycles. The normalized spacial score (nSPS) is 12.2. The van der Waals surface area contributed by atoms with E-state index in [1.165, 1.54) is 17.8 Å². The van der Waals surface area contributed by atoms with Gasteiger partial charge in [0.25, 0.3) is 0 Å². The lowest BCUT2D eigenvalue weighted by atomic mass is 10.2. The van der Waals surface area contributed by atoms with Crippen LogP contribution in [0.1, 0.15) is 18.3 Å². The van der Waals surface area contributed by atoms with E-state index in [9.17, 15) is 18.0 Å². The molecule has 4 aromatic rings. The molecule has 3 aromatic carbocycles. The number of alkyl halides is 3. The average molecular weight is 498 g/mol. The highest BCUT2D eigenvalue weighted by Crippen LogP contribution is 2.31. The van der Waals surface area contributed by atoms with Crippen LogP contribution >= 0.6 is 11.8 Å². The smallest absolute Gasteiger partial charge is 0.378 e. The number of anilines is 2. The summed E-state index contributed by atoms with van der Waals surface area (Å²) in [5.41, 5.74) is 1.05. The zero-order valence-corrected chi connectivity index (χ0v) is 19.5. The summed E-state index contributed by atoms with van der Waals surface area (Å²) < 4.78 is 41.0. The van der Waals surface area contributed by atoms with Crippen LogP contribution in [0, 0.1) is 0 Å². The summed E-state index contributed by atoms with van der Waals surface area (Å²) in [4.78, 5) is 12.7. The number of carbonyl (C=O) groups is 1. The number of thioether (sulfide) groups is 1. The number of rotatable bonds is 8. The highest BCUT2D eigenvalue weighted by atomic mass is 32.2. The number of benzene rings is 3. The molecule has 180 valence electrons. The van der Waals surface area contributed by atoms with Crippen LogP contribution in [0.3, 0.4) is 0 Å². The fraction of sp³-hybridized carbons (Fsp3) is 0.160. The summed E-state index contributed by atoms with van der Waals surface area (Å²) in [6.07, 6.45) is -4.43. The standard InChI is InChI=1S/C25H22F3N5OS/c1-17(23(34)30-19-10-4-2-5-11-19)35-24-32-31-22(33(24)21-13-6-3-7-14-21)16-29-20-12-8-9-18(15-20)25(26,27)28/h2-15,17,29H,16H2,1H3,(H,30,34). The molecule has 0 aliphatic rings. The third kappa shape index (κ3) is 6.21. The third-order valence-electron chi connectivity index (χ3n) is 5.05. The zero-order chi connectivity index (χ0) is 24.8. The Morgan fingerprint density at radius 3 is 2.29 bits per heavy atom. The molecule has 0 bridgehead atoms. The number of amides is 1. The molecule has 1 unspecified atom stereocenters. The van der Waals surface area contributed by atoms with Crippen LogP contribution in [-0.4, -0.2) is 25.9 Å². The van der Waals surface area contributed by atoms with Gasteiger partial charge in [-0.25, -0.2) is 0 Å². The monoisotopic (exact) mass is 497 g/mol. The summed E-state index contributed by atoms with van der Waals surface area (Å²) in [6.45, 7) is 1.90. The SMILES string of the molecule is CC(Sc1nnc(CNc2cccc(C(F)(F)F)c2)n1-c1ccccc1)C(=O)Nc1ccccc1. The van der Waals surface area contributed by atoms with E-state index >= 15 is 0 Å². The number of para-hydroxylation sites is 2. The van der Waals surface area contributed by atoms with Gasteiger partial charge in [-0.2, -0.15) is 13.2 Å². The topological polar surface area (TPSA) is 71.8 Å². The van der Waals surface area contributed by atoms with E-state index in [0.29, 0.717) is 22.4 Å². The number of nitrogens with one attached hydrogen (secondary N) is 2. The van der Waals surface area contributed by atoms with Gasteiger partial charge in [0.2, 0.25) is 5.91 Å². The maximum atomic E-state index is 13.1. The summed E-state index contributed by atoms with van der Waals surface area (Å²) in [5.74, 6) is 0.305. The third-order valence-corrected chi connectivity index (χ3v) is 6.09. The van der Waals surface area contributed by atoms with Crippen molar-refractivity contribution in [1.29, 1.82) is 0 Å². The Bertz CT molecular complexity index is 1280. The Labute approximate surface area is 204 Å². The highest BCUT2D eigenvalue weighted by molar-refractivity contribution is 8.00. The van der Waals surface area contributed by atoms with Gasteiger partial charge < -0.3 is 10.6 Å². The van der Waals surface area contributed by atoms with Gasteiger partial charge in [-0.1, -0.05) is 54.2 Å². The molecule has 1 aromatic heterocycles. The first kappa shape index (κ1) is 24.3. The molecule has 2 N–H and O–H groups in total. The molecule has 0 saturated heterocycles. The van der Waals surface area contributed by atoms with Crippen molar-refractivity contribution in [3.8, 4) is 5.69 Å². The van der Waals surface area contributed by atoms with E-state index < -0.39 is 17.0 Å². The van der Waals surface area contributed by atoms with E-state index in [-0.39, 0.29) is 12.5 Å². The minimum Gasteiger partial charge on any atom is -0.378 e. The predicted octanol–water partition coefficient (Wildman–Crippen LogP) is 6.02. The zero-order valence-electron chi connectivity index (χ0n) is 18.7. The fourth-order valence-electron chi connectivity index (χ4n) is 3.29. The van der Waals surface area contributed by atoms with Gasteiger partial charge in [-0.05, 0) is 49.4 Å². The van der Waals surface area contributed by atoms with Gasteiger partial charge in [0.15, 0.2) is 11.0 Å².